The summed E-state index contributed by atoms with van der Waals surface area (Å²) in [5.41, 5.74) is 5.63. The second-order valence-electron chi connectivity index (χ2n) is 4.13. The van der Waals surface area contributed by atoms with Crippen molar-refractivity contribution in [3.05, 3.63) is 0 Å². The maximum absolute atomic E-state index is 5.63. The van der Waals surface area contributed by atoms with E-state index in [1.165, 1.54) is 32.1 Å². The maximum atomic E-state index is 5.63. The van der Waals surface area contributed by atoms with E-state index in [4.69, 9.17) is 5.73 Å². The van der Waals surface area contributed by atoms with Gasteiger partial charge in [0, 0.05) is 6.04 Å². The van der Waals surface area contributed by atoms with Crippen LogP contribution in [0.5, 0.6) is 0 Å². The summed E-state index contributed by atoms with van der Waals surface area (Å²) in [7, 11) is 0. The number of nitrogens with two attached hydrogens (primary N) is 1. The molecule has 0 bridgehead atoms. The van der Waals surface area contributed by atoms with Crippen molar-refractivity contribution in [1.29, 1.82) is 0 Å². The largest absolute Gasteiger partial charge is 0.328 e. The standard InChI is InChI=1S/C6H13N.3CH3.Al/c7-6-4-2-1-3-5-6;;;;/h6H,1-5,7H2;3*1H3;. The van der Waals surface area contributed by atoms with Crippen molar-refractivity contribution in [3.8, 4) is 0 Å². The van der Waals surface area contributed by atoms with E-state index < -0.39 is 0 Å². The van der Waals surface area contributed by atoms with Crippen LogP contribution in [-0.2, 0) is 0 Å². The molecular formula is C9H22AlN. The third kappa shape index (κ3) is 10.5. The van der Waals surface area contributed by atoms with Crippen LogP contribution in [0, 0.1) is 0 Å². The molecule has 0 aromatic rings. The van der Waals surface area contributed by atoms with Crippen LogP contribution in [0.3, 0.4) is 0 Å². The summed E-state index contributed by atoms with van der Waals surface area (Å²) in [6.07, 6.45) is 6.66. The van der Waals surface area contributed by atoms with Gasteiger partial charge in [-0.3, -0.25) is 0 Å². The summed E-state index contributed by atoms with van der Waals surface area (Å²) < 4.78 is 0. The van der Waals surface area contributed by atoms with E-state index in [2.05, 4.69) is 17.4 Å². The first-order chi connectivity index (χ1) is 5.13. The van der Waals surface area contributed by atoms with Gasteiger partial charge >= 0.3 is 0 Å². The Morgan fingerprint density at radius 1 is 1.00 bits per heavy atom. The van der Waals surface area contributed by atoms with Gasteiger partial charge in [0.15, 0.2) is 0 Å². The maximum Gasteiger partial charge on any atom is 0.251 e. The van der Waals surface area contributed by atoms with Crippen LogP contribution in [-0.4, -0.2) is 20.2 Å². The fourth-order valence-corrected chi connectivity index (χ4v) is 1.13. The highest BCUT2D eigenvalue weighted by atomic mass is 27.2. The minimum atomic E-state index is -0.139. The van der Waals surface area contributed by atoms with Gasteiger partial charge < -0.3 is 5.73 Å². The SMILES string of the molecule is NC1CCCCC1.[CH3][Al]([CH3])[CH3]. The van der Waals surface area contributed by atoms with E-state index in [9.17, 15) is 0 Å². The molecule has 0 aromatic heterocycles. The average molecular weight is 171 g/mol. The van der Waals surface area contributed by atoms with Gasteiger partial charge in [0.2, 0.25) is 0 Å². The lowest BCUT2D eigenvalue weighted by molar-refractivity contribution is 0.441. The van der Waals surface area contributed by atoms with Crippen LogP contribution in [0.2, 0.25) is 17.4 Å². The van der Waals surface area contributed by atoms with Crippen molar-refractivity contribution in [2.75, 3.05) is 0 Å². The van der Waals surface area contributed by atoms with Crippen molar-refractivity contribution in [1.82, 2.24) is 0 Å². The molecule has 1 rings (SSSR count). The summed E-state index contributed by atoms with van der Waals surface area (Å²) in [5.74, 6) is 6.92. The summed E-state index contributed by atoms with van der Waals surface area (Å²) in [6.45, 7) is 0. The fraction of sp³-hybridized carbons (Fsp3) is 1.00. The molecule has 1 aliphatic carbocycles. The van der Waals surface area contributed by atoms with Gasteiger partial charge in [-0.15, -0.1) is 17.4 Å². The van der Waals surface area contributed by atoms with Crippen LogP contribution >= 0.6 is 0 Å². The zero-order valence-corrected chi connectivity index (χ0v) is 9.42. The van der Waals surface area contributed by atoms with Crippen molar-refractivity contribution in [2.24, 2.45) is 5.73 Å². The molecule has 2 N–H and O–H groups in total. The Kier molecular flexibility index (Phi) is 7.48. The van der Waals surface area contributed by atoms with Crippen LogP contribution in [0.1, 0.15) is 32.1 Å². The molecule has 0 spiro atoms. The molecule has 0 heterocycles. The first-order valence-corrected chi connectivity index (χ1v) is 8.35. The molecule has 0 saturated heterocycles. The topological polar surface area (TPSA) is 26.0 Å². The fourth-order valence-electron chi connectivity index (χ4n) is 1.13. The molecule has 0 unspecified atom stereocenters. The Morgan fingerprint density at radius 2 is 1.36 bits per heavy atom. The molecule has 1 fully saturated rings. The van der Waals surface area contributed by atoms with E-state index in [0.717, 1.165) is 0 Å². The zero-order chi connectivity index (χ0) is 8.69. The minimum absolute atomic E-state index is 0.139. The monoisotopic (exact) mass is 171 g/mol. The van der Waals surface area contributed by atoms with Gasteiger partial charge in [0.25, 0.3) is 14.1 Å². The second-order valence-corrected chi connectivity index (χ2v) is 7.59. The van der Waals surface area contributed by atoms with E-state index in [1.54, 1.807) is 0 Å². The second kappa shape index (κ2) is 7.16. The molecule has 0 amide bonds. The summed E-state index contributed by atoms with van der Waals surface area (Å²) in [5, 5.41) is 0. The van der Waals surface area contributed by atoms with Crippen LogP contribution in [0.25, 0.3) is 0 Å². The van der Waals surface area contributed by atoms with Crippen LogP contribution < -0.4 is 5.73 Å². The molecule has 0 radical (unpaired) electrons. The number of rotatable bonds is 0. The Labute approximate surface area is 75.7 Å². The lowest BCUT2D eigenvalue weighted by Gasteiger charge is -2.15. The molecule has 1 nitrogen and oxygen atoms in total. The van der Waals surface area contributed by atoms with Crippen molar-refractivity contribution in [3.63, 3.8) is 0 Å². The normalized spacial score (nSPS) is 18.5. The predicted octanol–water partition coefficient (Wildman–Crippen LogP) is 2.65. The molecule has 0 aliphatic heterocycles. The van der Waals surface area contributed by atoms with Gasteiger partial charge in [-0.05, 0) is 12.8 Å². The van der Waals surface area contributed by atoms with E-state index in [-0.39, 0.29) is 14.1 Å². The molecule has 11 heavy (non-hydrogen) atoms. The Morgan fingerprint density at radius 3 is 1.55 bits per heavy atom. The first kappa shape index (κ1) is 11.5. The van der Waals surface area contributed by atoms with Gasteiger partial charge in [-0.1, -0.05) is 19.3 Å². The Balaban J connectivity index is 0.000000218. The van der Waals surface area contributed by atoms with Gasteiger partial charge in [0.05, 0.1) is 0 Å². The molecule has 1 aliphatic rings. The van der Waals surface area contributed by atoms with Crippen LogP contribution in [0.15, 0.2) is 0 Å². The smallest absolute Gasteiger partial charge is 0.251 e. The highest BCUT2D eigenvalue weighted by Crippen LogP contribution is 2.14. The Hall–Kier alpha value is 0.492. The first-order valence-electron chi connectivity index (χ1n) is 4.88. The molecular weight excluding hydrogens is 149 g/mol. The van der Waals surface area contributed by atoms with E-state index in [1.807, 2.05) is 0 Å². The minimum Gasteiger partial charge on any atom is -0.328 e. The lowest BCUT2D eigenvalue weighted by Crippen LogP contribution is -2.22. The van der Waals surface area contributed by atoms with Crippen molar-refractivity contribution in [2.45, 2.75) is 55.5 Å². The van der Waals surface area contributed by atoms with Crippen molar-refractivity contribution >= 4 is 14.1 Å². The summed E-state index contributed by atoms with van der Waals surface area (Å²) in [6, 6.07) is 0.536. The molecule has 0 aromatic carbocycles. The average Bonchev–Trinajstić information content (AvgIpc) is 1.87. The Bertz CT molecular complexity index is 74.9. The predicted molar refractivity (Wildman–Crippen MR) is 54.4 cm³/mol. The zero-order valence-electron chi connectivity index (χ0n) is 8.27. The summed E-state index contributed by atoms with van der Waals surface area (Å²) >= 11 is -0.139. The highest BCUT2D eigenvalue weighted by Gasteiger charge is 2.06. The third-order valence-corrected chi connectivity index (χ3v) is 1.65. The third-order valence-electron chi connectivity index (χ3n) is 1.65. The van der Waals surface area contributed by atoms with Gasteiger partial charge in [-0.2, -0.15) is 0 Å². The quantitative estimate of drug-likeness (QED) is 0.557. The lowest BCUT2D eigenvalue weighted by atomic mass is 9.97. The number of hydrogen-bond donors (Lipinski definition) is 1. The molecule has 0 atom stereocenters. The highest BCUT2D eigenvalue weighted by molar-refractivity contribution is 6.54. The van der Waals surface area contributed by atoms with Gasteiger partial charge in [0.1, 0.15) is 0 Å². The molecule has 66 valence electrons. The van der Waals surface area contributed by atoms with Crippen LogP contribution in [0.4, 0.5) is 0 Å². The number of hydrogen-bond acceptors (Lipinski definition) is 1. The molecule has 2 heteroatoms. The summed E-state index contributed by atoms with van der Waals surface area (Å²) in [4.78, 5) is 0. The van der Waals surface area contributed by atoms with Crippen molar-refractivity contribution < 1.29 is 0 Å². The molecule has 1 saturated carbocycles. The van der Waals surface area contributed by atoms with Gasteiger partial charge in [-0.25, -0.2) is 0 Å². The van der Waals surface area contributed by atoms with E-state index >= 15 is 0 Å². The van der Waals surface area contributed by atoms with E-state index in [0.29, 0.717) is 6.04 Å².